The van der Waals surface area contributed by atoms with Crippen molar-refractivity contribution in [2.24, 2.45) is 0 Å². The van der Waals surface area contributed by atoms with Crippen molar-refractivity contribution >= 4 is 12.4 Å². The maximum atomic E-state index is 5.89. The van der Waals surface area contributed by atoms with Crippen molar-refractivity contribution in [2.75, 3.05) is 40.5 Å². The van der Waals surface area contributed by atoms with Gasteiger partial charge in [0.2, 0.25) is 0 Å². The maximum Gasteiger partial charge on any atom is 0.0934 e. The van der Waals surface area contributed by atoms with Crippen molar-refractivity contribution in [3.05, 3.63) is 0 Å². The molecule has 0 amide bonds. The fraction of sp³-hybridized carbons (Fsp3) is 1.00. The Morgan fingerprint density at radius 3 is 2.00 bits per heavy atom. The van der Waals surface area contributed by atoms with E-state index in [0.29, 0.717) is 0 Å². The van der Waals surface area contributed by atoms with Crippen molar-refractivity contribution in [3.8, 4) is 0 Å². The molecule has 0 aromatic carbocycles. The van der Waals surface area contributed by atoms with Gasteiger partial charge in [-0.2, -0.15) is 0 Å². The van der Waals surface area contributed by atoms with Crippen LogP contribution in [0.2, 0.25) is 0 Å². The largest absolute Gasteiger partial charge is 0.379 e. The summed E-state index contributed by atoms with van der Waals surface area (Å²) in [5.74, 6) is 0. The minimum Gasteiger partial charge on any atom is -0.379 e. The third kappa shape index (κ3) is 16.1. The minimum atomic E-state index is 0. The van der Waals surface area contributed by atoms with Gasteiger partial charge in [-0.1, -0.05) is 39.5 Å². The van der Waals surface area contributed by atoms with Gasteiger partial charge in [-0.25, -0.2) is 0 Å². The molecule has 0 N–H and O–H groups in total. The molecule has 4 heteroatoms. The molecule has 0 spiro atoms. The van der Waals surface area contributed by atoms with Crippen molar-refractivity contribution in [1.29, 1.82) is 0 Å². The first-order chi connectivity index (χ1) is 8.70. The van der Waals surface area contributed by atoms with Crippen LogP contribution < -0.4 is 0 Å². The zero-order valence-corrected chi connectivity index (χ0v) is 14.1. The first-order valence-corrected chi connectivity index (χ1v) is 7.54. The number of likely N-dealkylation sites (N-methyl/N-ethyl adjacent to an activating group) is 1. The standard InChI is InChI=1S/C15H33NO2.ClH/c1-5-7-9-11-17-14-15(13-16(3)4)18-12-10-8-6-2;/h15H,5-14H2,1-4H3;1H. The molecule has 0 aromatic rings. The van der Waals surface area contributed by atoms with E-state index < -0.39 is 0 Å². The Kier molecular flexibility index (Phi) is 18.3. The van der Waals surface area contributed by atoms with Crippen LogP contribution in [0.3, 0.4) is 0 Å². The van der Waals surface area contributed by atoms with Gasteiger partial charge in [0, 0.05) is 19.8 Å². The summed E-state index contributed by atoms with van der Waals surface area (Å²) in [7, 11) is 4.17. The number of nitrogens with zero attached hydrogens (tertiary/aromatic N) is 1. The average molecular weight is 296 g/mol. The average Bonchev–Trinajstić information content (AvgIpc) is 2.33. The summed E-state index contributed by atoms with van der Waals surface area (Å²) in [6.07, 6.45) is 7.56. The van der Waals surface area contributed by atoms with Crippen LogP contribution >= 0.6 is 12.4 Å². The monoisotopic (exact) mass is 295 g/mol. The fourth-order valence-corrected chi connectivity index (χ4v) is 1.83. The van der Waals surface area contributed by atoms with Crippen molar-refractivity contribution in [1.82, 2.24) is 4.90 Å². The molecule has 0 heterocycles. The lowest BCUT2D eigenvalue weighted by Gasteiger charge is -2.21. The van der Waals surface area contributed by atoms with E-state index in [1.54, 1.807) is 0 Å². The van der Waals surface area contributed by atoms with Gasteiger partial charge < -0.3 is 14.4 Å². The molecule has 0 aromatic heterocycles. The van der Waals surface area contributed by atoms with Gasteiger partial charge in [-0.3, -0.25) is 0 Å². The van der Waals surface area contributed by atoms with Crippen molar-refractivity contribution in [3.63, 3.8) is 0 Å². The van der Waals surface area contributed by atoms with Crippen LogP contribution in [0, 0.1) is 0 Å². The molecular weight excluding hydrogens is 262 g/mol. The van der Waals surface area contributed by atoms with Crippen LogP contribution in [0.15, 0.2) is 0 Å². The molecule has 0 aliphatic heterocycles. The number of rotatable bonds is 13. The Bertz CT molecular complexity index is 168. The molecule has 19 heavy (non-hydrogen) atoms. The molecular formula is C15H34ClNO2. The molecule has 0 radical (unpaired) electrons. The third-order valence-electron chi connectivity index (χ3n) is 2.87. The summed E-state index contributed by atoms with van der Waals surface area (Å²) in [4.78, 5) is 2.17. The van der Waals surface area contributed by atoms with E-state index >= 15 is 0 Å². The number of hydrogen-bond acceptors (Lipinski definition) is 3. The van der Waals surface area contributed by atoms with Gasteiger partial charge in [-0.05, 0) is 26.9 Å². The molecule has 1 unspecified atom stereocenters. The van der Waals surface area contributed by atoms with Gasteiger partial charge in [0.05, 0.1) is 12.7 Å². The summed E-state index contributed by atoms with van der Waals surface area (Å²) in [6, 6.07) is 0. The smallest absolute Gasteiger partial charge is 0.0934 e. The normalized spacial score (nSPS) is 12.5. The molecule has 0 bridgehead atoms. The highest BCUT2D eigenvalue weighted by Gasteiger charge is 2.10. The Morgan fingerprint density at radius 2 is 1.47 bits per heavy atom. The first-order valence-electron chi connectivity index (χ1n) is 7.54. The topological polar surface area (TPSA) is 21.7 Å². The van der Waals surface area contributed by atoms with Crippen LogP contribution in [0.1, 0.15) is 52.4 Å². The van der Waals surface area contributed by atoms with Gasteiger partial charge >= 0.3 is 0 Å². The van der Waals surface area contributed by atoms with E-state index in [2.05, 4.69) is 32.8 Å². The lowest BCUT2D eigenvalue weighted by atomic mass is 10.2. The van der Waals surface area contributed by atoms with Crippen LogP contribution in [0.4, 0.5) is 0 Å². The van der Waals surface area contributed by atoms with E-state index in [4.69, 9.17) is 9.47 Å². The Hall–Kier alpha value is 0.170. The van der Waals surface area contributed by atoms with E-state index in [1.807, 2.05) is 0 Å². The molecule has 0 rings (SSSR count). The third-order valence-corrected chi connectivity index (χ3v) is 2.87. The lowest BCUT2D eigenvalue weighted by Crippen LogP contribution is -2.32. The van der Waals surface area contributed by atoms with Crippen LogP contribution in [-0.2, 0) is 9.47 Å². The predicted molar refractivity (Wildman–Crippen MR) is 85.4 cm³/mol. The van der Waals surface area contributed by atoms with E-state index in [-0.39, 0.29) is 18.5 Å². The van der Waals surface area contributed by atoms with E-state index in [1.165, 1.54) is 32.1 Å². The fourth-order valence-electron chi connectivity index (χ4n) is 1.83. The van der Waals surface area contributed by atoms with Gasteiger partial charge in [0.25, 0.3) is 0 Å². The van der Waals surface area contributed by atoms with Gasteiger partial charge in [-0.15, -0.1) is 12.4 Å². The highest BCUT2D eigenvalue weighted by molar-refractivity contribution is 5.85. The van der Waals surface area contributed by atoms with Crippen LogP contribution in [-0.4, -0.2) is 51.5 Å². The minimum absolute atomic E-state index is 0. The van der Waals surface area contributed by atoms with Crippen LogP contribution in [0.5, 0.6) is 0 Å². The maximum absolute atomic E-state index is 5.89. The predicted octanol–water partition coefficient (Wildman–Crippen LogP) is 3.75. The number of hydrogen-bond donors (Lipinski definition) is 0. The van der Waals surface area contributed by atoms with Crippen LogP contribution in [0.25, 0.3) is 0 Å². The molecule has 1 atom stereocenters. The molecule has 0 saturated heterocycles. The number of unbranched alkanes of at least 4 members (excludes halogenated alkanes) is 4. The molecule has 3 nitrogen and oxygen atoms in total. The Labute approximate surface area is 126 Å². The second-order valence-electron chi connectivity index (χ2n) is 5.24. The van der Waals surface area contributed by atoms with E-state index in [0.717, 1.165) is 32.8 Å². The van der Waals surface area contributed by atoms with Gasteiger partial charge in [0.1, 0.15) is 0 Å². The van der Waals surface area contributed by atoms with Gasteiger partial charge in [0.15, 0.2) is 0 Å². The van der Waals surface area contributed by atoms with E-state index in [9.17, 15) is 0 Å². The summed E-state index contributed by atoms with van der Waals surface area (Å²) >= 11 is 0. The second kappa shape index (κ2) is 16.2. The lowest BCUT2D eigenvalue weighted by molar-refractivity contribution is -0.0286. The molecule has 0 aliphatic rings. The Morgan fingerprint density at radius 1 is 0.895 bits per heavy atom. The summed E-state index contributed by atoms with van der Waals surface area (Å²) < 4.78 is 11.6. The summed E-state index contributed by atoms with van der Waals surface area (Å²) in [5.41, 5.74) is 0. The zero-order chi connectivity index (χ0) is 13.6. The Balaban J connectivity index is 0. The first kappa shape index (κ1) is 21.5. The highest BCUT2D eigenvalue weighted by Crippen LogP contribution is 2.02. The molecule has 0 aliphatic carbocycles. The number of halogens is 1. The molecule has 118 valence electrons. The quantitative estimate of drug-likeness (QED) is 0.483. The van der Waals surface area contributed by atoms with Crippen molar-refractivity contribution in [2.45, 2.75) is 58.5 Å². The SMILES string of the molecule is CCCCCOCC(CN(C)C)OCCCCC.Cl. The summed E-state index contributed by atoms with van der Waals surface area (Å²) in [6.45, 7) is 7.84. The number of ether oxygens (including phenoxy) is 2. The zero-order valence-electron chi connectivity index (χ0n) is 13.3. The second-order valence-corrected chi connectivity index (χ2v) is 5.24. The molecule has 0 fully saturated rings. The highest BCUT2D eigenvalue weighted by atomic mass is 35.5. The summed E-state index contributed by atoms with van der Waals surface area (Å²) in [5, 5.41) is 0. The molecule has 0 saturated carbocycles. The van der Waals surface area contributed by atoms with Crippen molar-refractivity contribution < 1.29 is 9.47 Å².